The van der Waals surface area contributed by atoms with E-state index in [1.165, 1.54) is 34.7 Å². The van der Waals surface area contributed by atoms with Gasteiger partial charge in [0.1, 0.15) is 6.21 Å². The van der Waals surface area contributed by atoms with E-state index in [9.17, 15) is 14.4 Å². The van der Waals surface area contributed by atoms with Crippen molar-refractivity contribution in [2.75, 3.05) is 25.2 Å². The molecule has 142 valence electrons. The highest BCUT2D eigenvalue weighted by Gasteiger charge is 2.47. The first-order valence-corrected chi connectivity index (χ1v) is 10.2. The minimum absolute atomic E-state index is 0.119. The summed E-state index contributed by atoms with van der Waals surface area (Å²) in [6.45, 7) is 0. The predicted molar refractivity (Wildman–Crippen MR) is 110 cm³/mol. The summed E-state index contributed by atoms with van der Waals surface area (Å²) >= 11 is 2.66. The molecular formula is C18H16N5O3S2+. The summed E-state index contributed by atoms with van der Waals surface area (Å²) in [6.07, 6.45) is 3.25. The molecule has 2 aliphatic rings. The van der Waals surface area contributed by atoms with Crippen LogP contribution in [0.2, 0.25) is 0 Å². The molecule has 1 unspecified atom stereocenters. The van der Waals surface area contributed by atoms with Crippen LogP contribution in [-0.4, -0.2) is 64.2 Å². The zero-order chi connectivity index (χ0) is 19.8. The maximum Gasteiger partial charge on any atom is 0.445 e. The van der Waals surface area contributed by atoms with E-state index in [2.05, 4.69) is 15.3 Å². The normalized spacial score (nSPS) is 19.1. The Labute approximate surface area is 168 Å². The molecule has 2 aliphatic heterocycles. The molecule has 0 radical (unpaired) electrons. The van der Waals surface area contributed by atoms with Gasteiger partial charge in [-0.3, -0.25) is 9.59 Å². The number of dihydropyridines is 1. The van der Waals surface area contributed by atoms with Gasteiger partial charge in [0.05, 0.1) is 30.1 Å². The number of nitrogens with zero attached hydrogens (tertiary/aromatic N) is 4. The molecule has 10 heteroatoms. The highest BCUT2D eigenvalue weighted by Crippen LogP contribution is 2.32. The highest BCUT2D eigenvalue weighted by atomic mass is 32.2. The molecule has 1 aromatic heterocycles. The first-order chi connectivity index (χ1) is 13.5. The van der Waals surface area contributed by atoms with Crippen LogP contribution >= 0.6 is 23.1 Å². The molecular weight excluding hydrogens is 398 g/mol. The standard InChI is InChI=1S/C18H15N5O3S2/c1-22-15-14(16(25)23(2)18(22)26)12(7-8-19-15)27-9-13(24)21-17-20-10-5-3-4-6-11(10)28-17/h3-8,14H,9H2,1-2H3/p+1. The predicted octanol–water partition coefficient (Wildman–Crippen LogP) is 2.19. The van der Waals surface area contributed by atoms with Gasteiger partial charge in [0.2, 0.25) is 5.91 Å². The highest BCUT2D eigenvalue weighted by molar-refractivity contribution is 8.03. The number of nitrogens with one attached hydrogen (secondary N) is 1. The van der Waals surface area contributed by atoms with Crippen LogP contribution in [0.3, 0.4) is 0 Å². The summed E-state index contributed by atoms with van der Waals surface area (Å²) in [7, 11) is 3.02. The molecule has 0 aliphatic carbocycles. The summed E-state index contributed by atoms with van der Waals surface area (Å²) in [5.41, 5.74) is 0.837. The summed E-state index contributed by atoms with van der Waals surface area (Å²) in [4.78, 5) is 47.4. The molecule has 4 amide bonds. The molecule has 0 fully saturated rings. The Morgan fingerprint density at radius 3 is 2.93 bits per heavy atom. The van der Waals surface area contributed by atoms with Gasteiger partial charge in [0.15, 0.2) is 11.0 Å². The summed E-state index contributed by atoms with van der Waals surface area (Å²) in [5.74, 6) is -0.730. The summed E-state index contributed by atoms with van der Waals surface area (Å²) < 4.78 is 2.36. The number of fused-ring (bicyclic) bond motifs is 2. The number of carbonyl (C=O) groups is 3. The summed E-state index contributed by atoms with van der Waals surface area (Å²) in [5, 5.41) is 3.34. The minimum Gasteiger partial charge on any atom is -0.301 e. The van der Waals surface area contributed by atoms with Gasteiger partial charge in [-0.1, -0.05) is 23.5 Å². The molecule has 0 saturated carbocycles. The number of allylic oxidation sites excluding steroid dienone is 1. The fourth-order valence-electron chi connectivity index (χ4n) is 2.97. The van der Waals surface area contributed by atoms with Crippen LogP contribution < -0.4 is 5.32 Å². The number of aliphatic imine (C=N–C) groups is 1. The zero-order valence-corrected chi connectivity index (χ0v) is 16.7. The number of imide groups is 1. The van der Waals surface area contributed by atoms with Gasteiger partial charge < -0.3 is 5.32 Å². The molecule has 3 heterocycles. The Morgan fingerprint density at radius 1 is 1.36 bits per heavy atom. The Hall–Kier alpha value is -2.85. The van der Waals surface area contributed by atoms with E-state index in [0.717, 1.165) is 15.1 Å². The molecule has 0 spiro atoms. The maximum atomic E-state index is 12.6. The van der Waals surface area contributed by atoms with Crippen LogP contribution in [0.5, 0.6) is 0 Å². The lowest BCUT2D eigenvalue weighted by Gasteiger charge is -2.26. The molecule has 8 nitrogen and oxygen atoms in total. The van der Waals surface area contributed by atoms with Crippen molar-refractivity contribution in [3.05, 3.63) is 35.2 Å². The third kappa shape index (κ3) is 3.25. The minimum atomic E-state index is -0.669. The number of carbonyl (C=O) groups excluding carboxylic acids is 3. The largest absolute Gasteiger partial charge is 0.445 e. The molecule has 2 aromatic rings. The van der Waals surface area contributed by atoms with Crippen molar-refractivity contribution in [2.45, 2.75) is 0 Å². The van der Waals surface area contributed by atoms with Gasteiger partial charge in [-0.15, -0.1) is 16.8 Å². The van der Waals surface area contributed by atoms with Gasteiger partial charge in [0, 0.05) is 4.91 Å². The first kappa shape index (κ1) is 18.5. The molecule has 4 rings (SSSR count). The Morgan fingerprint density at radius 2 is 2.14 bits per heavy atom. The zero-order valence-electron chi connectivity index (χ0n) is 15.1. The lowest BCUT2D eigenvalue weighted by Crippen LogP contribution is -2.52. The topological polar surface area (TPSA) is 94.7 Å². The van der Waals surface area contributed by atoms with Gasteiger partial charge in [-0.25, -0.2) is 9.78 Å². The van der Waals surface area contributed by atoms with Crippen LogP contribution in [0.1, 0.15) is 0 Å². The van der Waals surface area contributed by atoms with Crippen molar-refractivity contribution < 1.29 is 19.0 Å². The SMILES string of the molecule is CN1C(=O)C2C(SCC(=O)Nc3nc4ccccc4s3)=CC=NC2=[N+](C)C1=O. The molecule has 1 N–H and O–H groups in total. The van der Waals surface area contributed by atoms with E-state index >= 15 is 0 Å². The Kier molecular flexibility index (Phi) is 4.82. The number of hydrogen-bond acceptors (Lipinski definition) is 7. The van der Waals surface area contributed by atoms with Gasteiger partial charge in [0.25, 0.3) is 5.84 Å². The van der Waals surface area contributed by atoms with Crippen molar-refractivity contribution >= 4 is 68.3 Å². The number of rotatable bonds is 4. The lowest BCUT2D eigenvalue weighted by molar-refractivity contribution is -0.407. The second-order valence-electron chi connectivity index (χ2n) is 6.20. The average Bonchev–Trinajstić information content (AvgIpc) is 3.10. The Balaban J connectivity index is 1.46. The van der Waals surface area contributed by atoms with Gasteiger partial charge in [-0.2, -0.15) is 9.48 Å². The van der Waals surface area contributed by atoms with Crippen LogP contribution in [0.25, 0.3) is 10.2 Å². The van der Waals surface area contributed by atoms with E-state index in [1.54, 1.807) is 19.3 Å². The molecule has 0 bridgehead atoms. The van der Waals surface area contributed by atoms with Crippen molar-refractivity contribution in [3.8, 4) is 0 Å². The lowest BCUT2D eigenvalue weighted by atomic mass is 10.0. The van der Waals surface area contributed by atoms with Crippen molar-refractivity contribution in [1.29, 1.82) is 0 Å². The monoisotopic (exact) mass is 414 g/mol. The van der Waals surface area contributed by atoms with Crippen molar-refractivity contribution in [2.24, 2.45) is 10.9 Å². The third-order valence-electron chi connectivity index (χ3n) is 4.39. The number of hydrogen-bond donors (Lipinski definition) is 1. The second-order valence-corrected chi connectivity index (χ2v) is 8.28. The van der Waals surface area contributed by atoms with E-state index in [0.29, 0.717) is 15.9 Å². The van der Waals surface area contributed by atoms with E-state index in [4.69, 9.17) is 0 Å². The number of benzene rings is 1. The summed E-state index contributed by atoms with van der Waals surface area (Å²) in [6, 6.07) is 7.24. The number of urea groups is 1. The number of para-hydroxylation sites is 1. The Bertz CT molecular complexity index is 1070. The van der Waals surface area contributed by atoms with Crippen LogP contribution in [-0.2, 0) is 9.59 Å². The molecule has 1 aromatic carbocycles. The van der Waals surface area contributed by atoms with E-state index < -0.39 is 11.9 Å². The first-order valence-electron chi connectivity index (χ1n) is 8.40. The van der Waals surface area contributed by atoms with Gasteiger partial charge in [-0.05, 0) is 18.2 Å². The number of anilines is 1. The van der Waals surface area contributed by atoms with Crippen LogP contribution in [0, 0.1) is 5.92 Å². The average molecular weight is 414 g/mol. The maximum absolute atomic E-state index is 12.6. The van der Waals surface area contributed by atoms with Gasteiger partial charge >= 0.3 is 11.9 Å². The smallest absolute Gasteiger partial charge is 0.301 e. The number of thioether (sulfide) groups is 1. The number of thiazole rings is 1. The van der Waals surface area contributed by atoms with Crippen LogP contribution in [0.15, 0.2) is 40.2 Å². The molecule has 1 atom stereocenters. The van der Waals surface area contributed by atoms with Crippen molar-refractivity contribution in [3.63, 3.8) is 0 Å². The van der Waals surface area contributed by atoms with Crippen LogP contribution in [0.4, 0.5) is 9.93 Å². The third-order valence-corrected chi connectivity index (χ3v) is 6.46. The molecule has 0 saturated heterocycles. The fourth-order valence-corrected chi connectivity index (χ4v) is 4.75. The van der Waals surface area contributed by atoms with E-state index in [-0.39, 0.29) is 17.6 Å². The molecule has 28 heavy (non-hydrogen) atoms. The quantitative estimate of drug-likeness (QED) is 0.774. The fraction of sp³-hybridized carbons (Fsp3) is 0.222. The number of amides is 4. The van der Waals surface area contributed by atoms with E-state index in [1.807, 2.05) is 24.3 Å². The van der Waals surface area contributed by atoms with Crippen molar-refractivity contribution in [1.82, 2.24) is 9.88 Å². The second kappa shape index (κ2) is 7.28. The number of amidine groups is 1. The number of aromatic nitrogens is 1.